The van der Waals surface area contributed by atoms with Crippen LogP contribution in [0.3, 0.4) is 0 Å². The van der Waals surface area contributed by atoms with Gasteiger partial charge in [0.2, 0.25) is 5.88 Å². The average Bonchev–Trinajstić information content (AvgIpc) is 3.52. The van der Waals surface area contributed by atoms with Gasteiger partial charge in [0, 0.05) is 30.1 Å². The molecule has 0 radical (unpaired) electrons. The standard InChI is InChI=1S/C23H24N8O6/c1-3-35-18-11-14(12-25-27-18)31-7-6-17(28-31)30-8-9-36-19(21(30)32)23(2,34)22(33)26-13-4-5-15-16(10-13)37-29-20(15)24/h4-7,10-12,19,34H,3,8-9H2,1-2H3,(H2,24,29)(H,26,33). The molecule has 1 fully saturated rings. The molecule has 0 bridgehead atoms. The number of carbonyl (C=O) groups excluding carboxylic acids is 2. The number of nitrogens with one attached hydrogen (secondary N) is 1. The summed E-state index contributed by atoms with van der Waals surface area (Å²) in [7, 11) is 0. The minimum absolute atomic E-state index is 0.0846. The molecule has 3 aromatic heterocycles. The maximum absolute atomic E-state index is 13.3. The van der Waals surface area contributed by atoms with Crippen molar-refractivity contribution in [3.05, 3.63) is 42.7 Å². The Morgan fingerprint density at radius 3 is 3.00 bits per heavy atom. The third-order valence-electron chi connectivity index (χ3n) is 5.84. The molecule has 14 heteroatoms. The van der Waals surface area contributed by atoms with Crippen molar-refractivity contribution in [1.29, 1.82) is 0 Å². The van der Waals surface area contributed by atoms with Gasteiger partial charge < -0.3 is 30.2 Å². The van der Waals surface area contributed by atoms with Crippen LogP contribution < -0.4 is 20.7 Å². The van der Waals surface area contributed by atoms with Crippen molar-refractivity contribution in [2.75, 3.05) is 35.7 Å². The molecule has 14 nitrogen and oxygen atoms in total. The molecule has 1 aliphatic heterocycles. The number of benzene rings is 1. The van der Waals surface area contributed by atoms with E-state index >= 15 is 0 Å². The molecule has 1 aromatic carbocycles. The second-order valence-corrected chi connectivity index (χ2v) is 8.42. The quantitative estimate of drug-likeness (QED) is 0.322. The van der Waals surface area contributed by atoms with E-state index in [0.717, 1.165) is 0 Å². The SMILES string of the molecule is CCOc1cc(-n2ccc(N3CCOC(C(C)(O)C(=O)Nc4ccc5c(N)noc5c4)C3=O)n2)cnn1. The van der Waals surface area contributed by atoms with Crippen LogP contribution in [0, 0.1) is 0 Å². The lowest BCUT2D eigenvalue weighted by Crippen LogP contribution is -2.61. The number of nitrogen functional groups attached to an aromatic ring is 1. The summed E-state index contributed by atoms with van der Waals surface area (Å²) in [4.78, 5) is 27.7. The summed E-state index contributed by atoms with van der Waals surface area (Å²) >= 11 is 0. The second kappa shape index (κ2) is 9.48. The average molecular weight is 508 g/mol. The van der Waals surface area contributed by atoms with Crippen LogP contribution in [0.2, 0.25) is 0 Å². The first-order valence-corrected chi connectivity index (χ1v) is 11.4. The predicted octanol–water partition coefficient (Wildman–Crippen LogP) is 0.906. The zero-order valence-electron chi connectivity index (χ0n) is 20.0. The molecule has 0 aliphatic carbocycles. The Morgan fingerprint density at radius 2 is 2.19 bits per heavy atom. The molecule has 4 N–H and O–H groups in total. The van der Waals surface area contributed by atoms with Crippen LogP contribution in [0.4, 0.5) is 17.3 Å². The zero-order chi connectivity index (χ0) is 26.2. The van der Waals surface area contributed by atoms with E-state index in [1.165, 1.54) is 28.8 Å². The van der Waals surface area contributed by atoms with Crippen molar-refractivity contribution in [2.24, 2.45) is 0 Å². The fourth-order valence-corrected chi connectivity index (χ4v) is 3.91. The van der Waals surface area contributed by atoms with Crippen LogP contribution in [-0.4, -0.2) is 73.5 Å². The van der Waals surface area contributed by atoms with Crippen molar-refractivity contribution in [3.63, 3.8) is 0 Å². The number of morpholine rings is 1. The molecule has 37 heavy (non-hydrogen) atoms. The van der Waals surface area contributed by atoms with E-state index in [9.17, 15) is 14.7 Å². The largest absolute Gasteiger partial charge is 0.477 e. The molecule has 1 aliphatic rings. The maximum Gasteiger partial charge on any atom is 0.260 e. The lowest BCUT2D eigenvalue weighted by atomic mass is 9.95. The number of fused-ring (bicyclic) bond motifs is 1. The van der Waals surface area contributed by atoms with Crippen LogP contribution in [0.1, 0.15) is 13.8 Å². The third-order valence-corrected chi connectivity index (χ3v) is 5.84. The molecule has 1 saturated heterocycles. The molecule has 0 saturated carbocycles. The number of aliphatic hydroxyl groups is 1. The van der Waals surface area contributed by atoms with Crippen molar-refractivity contribution in [2.45, 2.75) is 25.6 Å². The van der Waals surface area contributed by atoms with Crippen LogP contribution in [-0.2, 0) is 14.3 Å². The normalized spacial score (nSPS) is 17.5. The summed E-state index contributed by atoms with van der Waals surface area (Å²) in [5.41, 5.74) is 4.78. The minimum atomic E-state index is -2.20. The Hall–Kier alpha value is -4.56. The van der Waals surface area contributed by atoms with Crippen LogP contribution in [0.25, 0.3) is 16.7 Å². The molecule has 192 valence electrons. The highest BCUT2D eigenvalue weighted by Crippen LogP contribution is 2.27. The first kappa shape index (κ1) is 24.1. The number of ether oxygens (including phenoxy) is 2. The van der Waals surface area contributed by atoms with Crippen molar-refractivity contribution in [3.8, 4) is 11.6 Å². The molecule has 2 unspecified atom stereocenters. The molecular weight excluding hydrogens is 484 g/mol. The predicted molar refractivity (Wildman–Crippen MR) is 130 cm³/mol. The van der Waals surface area contributed by atoms with Gasteiger partial charge in [0.1, 0.15) is 0 Å². The zero-order valence-corrected chi connectivity index (χ0v) is 20.0. The highest BCUT2D eigenvalue weighted by atomic mass is 16.5. The van der Waals surface area contributed by atoms with E-state index in [0.29, 0.717) is 40.6 Å². The van der Waals surface area contributed by atoms with Crippen molar-refractivity contribution < 1.29 is 28.7 Å². The number of nitrogens with two attached hydrogens (primary N) is 1. The number of aromatic nitrogens is 5. The van der Waals surface area contributed by atoms with Crippen LogP contribution in [0.15, 0.2) is 47.2 Å². The summed E-state index contributed by atoms with van der Waals surface area (Å²) in [5, 5.41) is 30.2. The molecule has 2 amide bonds. The van der Waals surface area contributed by atoms with Gasteiger partial charge >= 0.3 is 0 Å². The number of rotatable bonds is 7. The smallest absolute Gasteiger partial charge is 0.260 e. The minimum Gasteiger partial charge on any atom is -0.477 e. The molecule has 0 spiro atoms. The van der Waals surface area contributed by atoms with E-state index in [1.807, 2.05) is 6.92 Å². The number of hydrogen-bond donors (Lipinski definition) is 3. The molecule has 4 heterocycles. The van der Waals surface area contributed by atoms with E-state index in [1.54, 1.807) is 30.5 Å². The van der Waals surface area contributed by atoms with Crippen LogP contribution >= 0.6 is 0 Å². The van der Waals surface area contributed by atoms with Crippen LogP contribution in [0.5, 0.6) is 5.88 Å². The molecule has 5 rings (SSSR count). The summed E-state index contributed by atoms with van der Waals surface area (Å²) in [6.07, 6.45) is 1.68. The first-order chi connectivity index (χ1) is 17.8. The monoisotopic (exact) mass is 508 g/mol. The van der Waals surface area contributed by atoms with E-state index in [-0.39, 0.29) is 19.0 Å². The third kappa shape index (κ3) is 4.54. The van der Waals surface area contributed by atoms with Gasteiger partial charge in [0.05, 0.1) is 37.0 Å². The highest BCUT2D eigenvalue weighted by Gasteiger charge is 2.49. The van der Waals surface area contributed by atoms with Gasteiger partial charge in [0.25, 0.3) is 11.8 Å². The molecular formula is C23H24N8O6. The van der Waals surface area contributed by atoms with Gasteiger partial charge in [-0.15, -0.1) is 10.2 Å². The number of nitrogens with zero attached hydrogens (tertiary/aromatic N) is 6. The Morgan fingerprint density at radius 1 is 1.35 bits per heavy atom. The molecule has 4 aromatic rings. The summed E-state index contributed by atoms with van der Waals surface area (Å²) in [6.45, 7) is 3.76. The topological polar surface area (TPSA) is 184 Å². The lowest BCUT2D eigenvalue weighted by Gasteiger charge is -2.37. The van der Waals surface area contributed by atoms with Gasteiger partial charge in [-0.2, -0.15) is 5.10 Å². The van der Waals surface area contributed by atoms with Gasteiger partial charge in [-0.3, -0.25) is 14.5 Å². The van der Waals surface area contributed by atoms with E-state index in [2.05, 4.69) is 25.8 Å². The number of carbonyl (C=O) groups is 2. The Labute approximate surface area is 209 Å². The van der Waals surface area contributed by atoms with Gasteiger partial charge in [-0.25, -0.2) is 4.68 Å². The van der Waals surface area contributed by atoms with Gasteiger partial charge in [-0.05, 0) is 26.0 Å². The Kier molecular flexibility index (Phi) is 6.19. The Bertz CT molecular complexity index is 1460. The fraction of sp³-hybridized carbons (Fsp3) is 0.304. The van der Waals surface area contributed by atoms with Gasteiger partial charge in [-0.1, -0.05) is 5.16 Å². The summed E-state index contributed by atoms with van der Waals surface area (Å²) < 4.78 is 17.6. The van der Waals surface area contributed by atoms with Crippen molar-refractivity contribution >= 4 is 40.1 Å². The van der Waals surface area contributed by atoms with Gasteiger partial charge in [0.15, 0.2) is 28.9 Å². The number of hydrogen-bond acceptors (Lipinski definition) is 11. The first-order valence-electron chi connectivity index (χ1n) is 11.4. The molecule has 2 atom stereocenters. The maximum atomic E-state index is 13.3. The highest BCUT2D eigenvalue weighted by molar-refractivity contribution is 6.06. The van der Waals surface area contributed by atoms with E-state index in [4.69, 9.17) is 19.7 Å². The van der Waals surface area contributed by atoms with Crippen molar-refractivity contribution in [1.82, 2.24) is 25.1 Å². The second-order valence-electron chi connectivity index (χ2n) is 8.42. The summed E-state index contributed by atoms with van der Waals surface area (Å²) in [6, 6.07) is 8.02. The van der Waals surface area contributed by atoms with E-state index < -0.39 is 23.5 Å². The number of anilines is 3. The lowest BCUT2D eigenvalue weighted by molar-refractivity contribution is -0.165. The summed E-state index contributed by atoms with van der Waals surface area (Å²) in [5.74, 6) is -0.571. The Balaban J connectivity index is 1.33. The number of amides is 2. The fourth-order valence-electron chi connectivity index (χ4n) is 3.91.